The van der Waals surface area contributed by atoms with Crippen molar-refractivity contribution in [2.75, 3.05) is 6.61 Å². The number of benzene rings is 2. The highest BCUT2D eigenvalue weighted by Crippen LogP contribution is 2.34. The number of ether oxygens (including phenoxy) is 1. The summed E-state index contributed by atoms with van der Waals surface area (Å²) >= 11 is 0. The van der Waals surface area contributed by atoms with Crippen LogP contribution in [0.15, 0.2) is 47.4 Å². The molecule has 4 nitrogen and oxygen atoms in total. The molecule has 2 aromatic carbocycles. The quantitative estimate of drug-likeness (QED) is 0.820. The molecule has 5 heteroatoms. The molecule has 0 spiro atoms. The lowest BCUT2D eigenvalue weighted by atomic mass is 9.81. The molecule has 0 radical (unpaired) electrons. The van der Waals surface area contributed by atoms with Crippen LogP contribution in [-0.2, 0) is 27.3 Å². The Kier molecular flexibility index (Phi) is 5.36. The minimum absolute atomic E-state index is 0.0450. The maximum atomic E-state index is 13.3. The van der Waals surface area contributed by atoms with Crippen molar-refractivity contribution in [3.8, 4) is 5.75 Å². The molecule has 0 bridgehead atoms. The van der Waals surface area contributed by atoms with E-state index in [0.29, 0.717) is 17.9 Å². The average Bonchev–Trinajstić information content (AvgIpc) is 2.59. The molecule has 2 aromatic rings. The molecule has 1 N–H and O–H groups in total. The van der Waals surface area contributed by atoms with E-state index in [0.717, 1.165) is 22.4 Å². The van der Waals surface area contributed by atoms with Crippen molar-refractivity contribution in [1.82, 2.24) is 4.72 Å². The van der Waals surface area contributed by atoms with Crippen LogP contribution in [0.3, 0.4) is 0 Å². The zero-order valence-corrected chi connectivity index (χ0v) is 18.5. The molecule has 1 heterocycles. The highest BCUT2D eigenvalue weighted by molar-refractivity contribution is 7.89. The molecule has 28 heavy (non-hydrogen) atoms. The van der Waals surface area contributed by atoms with Crippen molar-refractivity contribution in [3.05, 3.63) is 59.2 Å². The molecule has 0 fully saturated rings. The number of rotatable bonds is 3. The van der Waals surface area contributed by atoms with E-state index in [1.807, 2.05) is 57.2 Å². The molecule has 0 amide bonds. The van der Waals surface area contributed by atoms with Crippen molar-refractivity contribution in [3.63, 3.8) is 0 Å². The molecule has 1 atom stereocenters. The van der Waals surface area contributed by atoms with Gasteiger partial charge < -0.3 is 4.74 Å². The van der Waals surface area contributed by atoms with E-state index in [9.17, 15) is 8.42 Å². The summed E-state index contributed by atoms with van der Waals surface area (Å²) in [5, 5.41) is 0. The molecular weight excluding hydrogens is 370 g/mol. The molecule has 3 rings (SSSR count). The van der Waals surface area contributed by atoms with Gasteiger partial charge in [-0.3, -0.25) is 0 Å². The predicted molar refractivity (Wildman–Crippen MR) is 114 cm³/mol. The van der Waals surface area contributed by atoms with E-state index in [2.05, 4.69) is 25.5 Å². The lowest BCUT2D eigenvalue weighted by Gasteiger charge is -2.29. The van der Waals surface area contributed by atoms with Crippen LogP contribution in [0.5, 0.6) is 5.75 Å². The van der Waals surface area contributed by atoms with Crippen molar-refractivity contribution < 1.29 is 13.2 Å². The van der Waals surface area contributed by atoms with E-state index in [-0.39, 0.29) is 16.9 Å². The van der Waals surface area contributed by atoms with E-state index >= 15 is 0 Å². The zero-order chi connectivity index (χ0) is 20.7. The van der Waals surface area contributed by atoms with Gasteiger partial charge in [0.2, 0.25) is 10.0 Å². The van der Waals surface area contributed by atoms with Crippen LogP contribution >= 0.6 is 0 Å². The highest BCUT2D eigenvalue weighted by Gasteiger charge is 2.31. The first-order chi connectivity index (χ1) is 12.9. The Bertz CT molecular complexity index is 966. The number of nitrogens with one attached hydrogen (secondary N) is 1. The van der Waals surface area contributed by atoms with Gasteiger partial charge >= 0.3 is 0 Å². The van der Waals surface area contributed by atoms with E-state index in [1.165, 1.54) is 0 Å². The summed E-state index contributed by atoms with van der Waals surface area (Å²) in [5.41, 5.74) is 2.66. The summed E-state index contributed by atoms with van der Waals surface area (Å²) < 4.78 is 35.2. The zero-order valence-electron chi connectivity index (χ0n) is 17.7. The SMILES string of the molecule is CC(C)(C)c1ccc(S(=O)(=O)NC2COc3ccccc3C2)c(C(C)(C)C)c1. The van der Waals surface area contributed by atoms with Crippen LogP contribution in [0, 0.1) is 0 Å². The number of sulfonamides is 1. The van der Waals surface area contributed by atoms with Crippen LogP contribution in [0.25, 0.3) is 0 Å². The summed E-state index contributed by atoms with van der Waals surface area (Å²) in [6.45, 7) is 12.9. The van der Waals surface area contributed by atoms with Gasteiger partial charge in [-0.1, -0.05) is 71.9 Å². The van der Waals surface area contributed by atoms with E-state index in [1.54, 1.807) is 6.07 Å². The van der Waals surface area contributed by atoms with Gasteiger partial charge in [-0.2, -0.15) is 0 Å². The summed E-state index contributed by atoms with van der Waals surface area (Å²) in [6.07, 6.45) is 0.625. The molecule has 1 aliphatic rings. The molecule has 1 aliphatic heterocycles. The van der Waals surface area contributed by atoms with Gasteiger partial charge in [-0.25, -0.2) is 13.1 Å². The fourth-order valence-corrected chi connectivity index (χ4v) is 5.12. The lowest BCUT2D eigenvalue weighted by Crippen LogP contribution is -2.43. The Morgan fingerprint density at radius 1 is 0.964 bits per heavy atom. The van der Waals surface area contributed by atoms with Crippen LogP contribution in [-0.4, -0.2) is 21.1 Å². The van der Waals surface area contributed by atoms with Crippen molar-refractivity contribution >= 4 is 10.0 Å². The number of para-hydroxylation sites is 1. The number of fused-ring (bicyclic) bond motifs is 1. The third-order valence-electron chi connectivity index (χ3n) is 5.14. The fourth-order valence-electron chi connectivity index (χ4n) is 3.50. The van der Waals surface area contributed by atoms with Gasteiger partial charge in [-0.05, 0) is 46.1 Å². The van der Waals surface area contributed by atoms with Gasteiger partial charge in [0, 0.05) is 0 Å². The smallest absolute Gasteiger partial charge is 0.241 e. The topological polar surface area (TPSA) is 55.4 Å². The summed E-state index contributed by atoms with van der Waals surface area (Å²) in [4.78, 5) is 0.354. The van der Waals surface area contributed by atoms with Gasteiger partial charge in [0.05, 0.1) is 10.9 Å². The third-order valence-corrected chi connectivity index (χ3v) is 6.72. The first kappa shape index (κ1) is 20.9. The molecular formula is C23H31NO3S. The van der Waals surface area contributed by atoms with E-state index < -0.39 is 10.0 Å². The largest absolute Gasteiger partial charge is 0.492 e. The summed E-state index contributed by atoms with van der Waals surface area (Å²) in [6, 6.07) is 13.2. The van der Waals surface area contributed by atoms with Crippen LogP contribution < -0.4 is 9.46 Å². The molecule has 0 aromatic heterocycles. The molecule has 0 saturated heterocycles. The van der Waals surface area contributed by atoms with Gasteiger partial charge in [0.15, 0.2) is 0 Å². The first-order valence-electron chi connectivity index (χ1n) is 9.76. The Labute approximate surface area is 169 Å². The van der Waals surface area contributed by atoms with Gasteiger partial charge in [0.1, 0.15) is 12.4 Å². The number of hydrogen-bond acceptors (Lipinski definition) is 3. The van der Waals surface area contributed by atoms with Gasteiger partial charge in [-0.15, -0.1) is 0 Å². The Morgan fingerprint density at radius 2 is 1.64 bits per heavy atom. The Hall–Kier alpha value is -1.85. The number of hydrogen-bond donors (Lipinski definition) is 1. The predicted octanol–water partition coefficient (Wildman–Crippen LogP) is 4.56. The van der Waals surface area contributed by atoms with Crippen LogP contribution in [0.2, 0.25) is 0 Å². The standard InChI is InChI=1S/C23H31NO3S/c1-22(2,3)17-11-12-21(19(14-17)23(4,5)6)28(25,26)24-18-13-16-9-7-8-10-20(16)27-15-18/h7-12,14,18,24H,13,15H2,1-6H3. The van der Waals surface area contributed by atoms with Crippen molar-refractivity contribution in [2.45, 2.75) is 69.7 Å². The Balaban J connectivity index is 1.94. The second-order valence-electron chi connectivity index (χ2n) is 9.65. The maximum Gasteiger partial charge on any atom is 0.241 e. The molecule has 0 saturated carbocycles. The summed E-state index contributed by atoms with van der Waals surface area (Å²) in [5.74, 6) is 0.836. The second-order valence-corrected chi connectivity index (χ2v) is 11.3. The van der Waals surface area contributed by atoms with Crippen LogP contribution in [0.1, 0.15) is 58.2 Å². The fraction of sp³-hybridized carbons (Fsp3) is 0.478. The minimum atomic E-state index is -3.67. The van der Waals surface area contributed by atoms with Crippen molar-refractivity contribution in [1.29, 1.82) is 0 Å². The second kappa shape index (κ2) is 7.20. The van der Waals surface area contributed by atoms with E-state index in [4.69, 9.17) is 4.74 Å². The van der Waals surface area contributed by atoms with Crippen molar-refractivity contribution in [2.24, 2.45) is 0 Å². The Morgan fingerprint density at radius 3 is 2.29 bits per heavy atom. The minimum Gasteiger partial charge on any atom is -0.492 e. The highest BCUT2D eigenvalue weighted by atomic mass is 32.2. The molecule has 0 aliphatic carbocycles. The molecule has 152 valence electrons. The lowest BCUT2D eigenvalue weighted by molar-refractivity contribution is 0.254. The first-order valence-corrected chi connectivity index (χ1v) is 11.2. The summed E-state index contributed by atoms with van der Waals surface area (Å²) in [7, 11) is -3.67. The monoisotopic (exact) mass is 401 g/mol. The average molecular weight is 402 g/mol. The van der Waals surface area contributed by atoms with Gasteiger partial charge in [0.25, 0.3) is 0 Å². The third kappa shape index (κ3) is 4.41. The molecule has 1 unspecified atom stereocenters. The van der Waals surface area contributed by atoms with Crippen LogP contribution in [0.4, 0.5) is 0 Å². The normalized spacial score (nSPS) is 17.7. The maximum absolute atomic E-state index is 13.3.